The largest absolute Gasteiger partial charge is 0.496 e. The molecule has 1 amide bonds. The van der Waals surface area contributed by atoms with Gasteiger partial charge < -0.3 is 19.7 Å². The molecule has 8 nitrogen and oxygen atoms in total. The number of methoxy groups -OCH3 is 1. The highest BCUT2D eigenvalue weighted by Gasteiger charge is 2.26. The van der Waals surface area contributed by atoms with E-state index in [1.807, 2.05) is 31.2 Å². The molecule has 1 N–H and O–H groups in total. The lowest BCUT2D eigenvalue weighted by molar-refractivity contribution is -0.120. The number of piperidine rings is 1. The summed E-state index contributed by atoms with van der Waals surface area (Å²) < 4.78 is 13.4. The first-order valence-electron chi connectivity index (χ1n) is 11.5. The number of aromatic nitrogens is 3. The molecule has 2 aliphatic rings. The molecule has 4 rings (SSSR count). The number of thioether (sulfide) groups is 1. The van der Waals surface area contributed by atoms with Gasteiger partial charge in [-0.1, -0.05) is 30.0 Å². The van der Waals surface area contributed by atoms with Crippen molar-refractivity contribution in [1.82, 2.24) is 20.1 Å². The summed E-state index contributed by atoms with van der Waals surface area (Å²) in [4.78, 5) is 15.1. The van der Waals surface area contributed by atoms with Crippen LogP contribution in [0.4, 0.5) is 5.95 Å². The molecule has 2 saturated heterocycles. The maximum absolute atomic E-state index is 12.8. The normalized spacial score (nSPS) is 19.7. The van der Waals surface area contributed by atoms with Gasteiger partial charge in [0.2, 0.25) is 11.9 Å². The Balaban J connectivity index is 1.43. The van der Waals surface area contributed by atoms with Crippen molar-refractivity contribution in [2.24, 2.45) is 0 Å². The second-order valence-corrected chi connectivity index (χ2v) is 9.67. The molecular weight excluding hydrogens is 426 g/mol. The molecule has 2 aromatic rings. The Kier molecular flexibility index (Phi) is 7.91. The lowest BCUT2D eigenvalue weighted by Gasteiger charge is -2.28. The Labute approximate surface area is 194 Å². The maximum Gasteiger partial charge on any atom is 0.233 e. The number of hydrogen-bond donors (Lipinski definition) is 1. The topological polar surface area (TPSA) is 81.5 Å². The van der Waals surface area contributed by atoms with Gasteiger partial charge in [-0.15, -0.1) is 10.2 Å². The second kappa shape index (κ2) is 11.0. The minimum atomic E-state index is -0.300. The maximum atomic E-state index is 12.8. The number of hydrogen-bond acceptors (Lipinski definition) is 7. The summed E-state index contributed by atoms with van der Waals surface area (Å²) in [5.74, 6) is 1.65. The molecule has 1 aromatic heterocycles. The quantitative estimate of drug-likeness (QED) is 0.577. The van der Waals surface area contributed by atoms with Crippen molar-refractivity contribution in [3.05, 3.63) is 29.8 Å². The molecular formula is C23H33N5O3S. The molecule has 2 unspecified atom stereocenters. The van der Waals surface area contributed by atoms with Gasteiger partial charge in [0.05, 0.1) is 25.0 Å². The van der Waals surface area contributed by atoms with Crippen LogP contribution >= 0.6 is 11.8 Å². The number of nitrogens with one attached hydrogen (secondary N) is 1. The standard InChI is InChI=1S/C23H33N5O3S/c1-17(21(29)24-15-18-9-4-5-11-20(18)30-2)32-23-26-25-22(27-12-6-3-7-13-27)28(23)16-19-10-8-14-31-19/h4-5,9,11,17,19H,3,6-8,10,12-16H2,1-2H3,(H,24,29). The SMILES string of the molecule is COc1ccccc1CNC(=O)C(C)Sc1nnc(N2CCCCC2)n1CC1CCCO1. The van der Waals surface area contributed by atoms with E-state index in [0.29, 0.717) is 6.54 Å². The van der Waals surface area contributed by atoms with Gasteiger partial charge in [-0.2, -0.15) is 0 Å². The predicted octanol–water partition coefficient (Wildman–Crippen LogP) is 3.25. The van der Waals surface area contributed by atoms with Crippen LogP contribution in [0.5, 0.6) is 5.75 Å². The van der Waals surface area contributed by atoms with Gasteiger partial charge in [0.1, 0.15) is 5.75 Å². The average Bonchev–Trinajstić information content (AvgIpc) is 3.49. The number of anilines is 1. The molecule has 2 atom stereocenters. The van der Waals surface area contributed by atoms with Crippen LogP contribution in [-0.2, 0) is 22.6 Å². The number of benzene rings is 1. The lowest BCUT2D eigenvalue weighted by Crippen LogP contribution is -2.33. The van der Waals surface area contributed by atoms with Gasteiger partial charge in [0.15, 0.2) is 5.16 Å². The van der Waals surface area contributed by atoms with Crippen LogP contribution < -0.4 is 15.0 Å². The summed E-state index contributed by atoms with van der Waals surface area (Å²) in [6.45, 7) is 5.89. The Morgan fingerprint density at radius 1 is 1.25 bits per heavy atom. The number of ether oxygens (including phenoxy) is 2. The van der Waals surface area contributed by atoms with Crippen LogP contribution in [0.15, 0.2) is 29.4 Å². The van der Waals surface area contributed by atoms with Crippen molar-refractivity contribution in [1.29, 1.82) is 0 Å². The number of rotatable bonds is 9. The van der Waals surface area contributed by atoms with Crippen molar-refractivity contribution >= 4 is 23.6 Å². The smallest absolute Gasteiger partial charge is 0.233 e. The molecule has 2 fully saturated rings. The molecule has 0 bridgehead atoms. The van der Waals surface area contributed by atoms with Crippen LogP contribution in [0.3, 0.4) is 0 Å². The Bertz CT molecular complexity index is 894. The first kappa shape index (κ1) is 22.9. The Morgan fingerprint density at radius 3 is 2.81 bits per heavy atom. The Hall–Kier alpha value is -2.26. The van der Waals surface area contributed by atoms with E-state index >= 15 is 0 Å². The van der Waals surface area contributed by atoms with Crippen molar-refractivity contribution < 1.29 is 14.3 Å². The fourth-order valence-corrected chi connectivity index (χ4v) is 5.11. The van der Waals surface area contributed by atoms with Crippen LogP contribution in [-0.4, -0.2) is 58.8 Å². The van der Waals surface area contributed by atoms with Crippen LogP contribution in [0, 0.1) is 0 Å². The molecule has 32 heavy (non-hydrogen) atoms. The fraction of sp³-hybridized carbons (Fsp3) is 0.609. The van der Waals surface area contributed by atoms with Gasteiger partial charge in [-0.3, -0.25) is 9.36 Å². The second-order valence-electron chi connectivity index (χ2n) is 8.37. The summed E-state index contributed by atoms with van der Waals surface area (Å²) in [5, 5.41) is 12.5. The molecule has 0 aliphatic carbocycles. The van der Waals surface area contributed by atoms with Crippen molar-refractivity contribution in [3.63, 3.8) is 0 Å². The zero-order chi connectivity index (χ0) is 22.3. The monoisotopic (exact) mass is 459 g/mol. The summed E-state index contributed by atoms with van der Waals surface area (Å²) in [5.41, 5.74) is 0.953. The molecule has 1 aromatic carbocycles. The highest BCUT2D eigenvalue weighted by atomic mass is 32.2. The highest BCUT2D eigenvalue weighted by Crippen LogP contribution is 2.29. The van der Waals surface area contributed by atoms with Crippen LogP contribution in [0.1, 0.15) is 44.6 Å². The van der Waals surface area contributed by atoms with Crippen LogP contribution in [0.25, 0.3) is 0 Å². The van der Waals surface area contributed by atoms with Crippen LogP contribution in [0.2, 0.25) is 0 Å². The van der Waals surface area contributed by atoms with E-state index in [9.17, 15) is 4.79 Å². The fourth-order valence-electron chi connectivity index (χ4n) is 4.23. The van der Waals surface area contributed by atoms with E-state index < -0.39 is 0 Å². The Morgan fingerprint density at radius 2 is 2.06 bits per heavy atom. The van der Waals surface area contributed by atoms with E-state index in [1.165, 1.54) is 31.0 Å². The number of carbonyl (C=O) groups is 1. The summed E-state index contributed by atoms with van der Waals surface area (Å²) in [6, 6.07) is 7.72. The number of nitrogens with zero attached hydrogens (tertiary/aromatic N) is 4. The van der Waals surface area contributed by atoms with E-state index in [0.717, 1.165) is 61.5 Å². The zero-order valence-electron chi connectivity index (χ0n) is 19.0. The van der Waals surface area contributed by atoms with E-state index in [4.69, 9.17) is 9.47 Å². The first-order chi connectivity index (χ1) is 15.7. The molecule has 3 heterocycles. The summed E-state index contributed by atoms with van der Waals surface area (Å²) in [6.07, 6.45) is 5.95. The first-order valence-corrected chi connectivity index (χ1v) is 12.4. The molecule has 174 valence electrons. The molecule has 9 heteroatoms. The third-order valence-electron chi connectivity index (χ3n) is 6.04. The van der Waals surface area contributed by atoms with Crippen molar-refractivity contribution in [2.45, 2.75) is 68.6 Å². The van der Waals surface area contributed by atoms with Gasteiger partial charge in [0.25, 0.3) is 0 Å². The number of carbonyl (C=O) groups excluding carboxylic acids is 1. The van der Waals surface area contributed by atoms with Crippen molar-refractivity contribution in [3.8, 4) is 5.75 Å². The van der Waals surface area contributed by atoms with Gasteiger partial charge >= 0.3 is 0 Å². The summed E-state index contributed by atoms with van der Waals surface area (Å²) in [7, 11) is 1.64. The van der Waals surface area contributed by atoms with Gasteiger partial charge in [0, 0.05) is 31.8 Å². The molecule has 0 spiro atoms. The number of amides is 1. The molecule has 0 saturated carbocycles. The third-order valence-corrected chi connectivity index (χ3v) is 7.12. The minimum Gasteiger partial charge on any atom is -0.496 e. The van der Waals surface area contributed by atoms with E-state index in [-0.39, 0.29) is 17.3 Å². The van der Waals surface area contributed by atoms with Gasteiger partial charge in [-0.05, 0) is 45.1 Å². The van der Waals surface area contributed by atoms with Gasteiger partial charge in [-0.25, -0.2) is 0 Å². The van der Waals surface area contributed by atoms with E-state index in [2.05, 4.69) is 25.0 Å². The lowest BCUT2D eigenvalue weighted by atomic mass is 10.1. The minimum absolute atomic E-state index is 0.0351. The third kappa shape index (κ3) is 5.56. The summed E-state index contributed by atoms with van der Waals surface area (Å²) >= 11 is 1.46. The molecule has 2 aliphatic heterocycles. The van der Waals surface area contributed by atoms with Crippen molar-refractivity contribution in [2.75, 3.05) is 31.7 Å². The zero-order valence-corrected chi connectivity index (χ0v) is 19.8. The predicted molar refractivity (Wildman–Crippen MR) is 125 cm³/mol. The molecule has 0 radical (unpaired) electrons. The average molecular weight is 460 g/mol. The van der Waals surface area contributed by atoms with E-state index in [1.54, 1.807) is 7.11 Å². The highest BCUT2D eigenvalue weighted by molar-refractivity contribution is 8.00. The number of para-hydroxylation sites is 1.